The first-order chi connectivity index (χ1) is 9.60. The topological polar surface area (TPSA) is 66.9 Å². The number of aromatic nitrogens is 2. The van der Waals surface area contributed by atoms with E-state index in [1.807, 2.05) is 13.8 Å². The fourth-order valence-corrected chi connectivity index (χ4v) is 2.84. The molecule has 0 atom stereocenters. The molecule has 2 heterocycles. The van der Waals surface area contributed by atoms with Crippen LogP contribution in [0.3, 0.4) is 0 Å². The minimum Gasteiger partial charge on any atom is -0.369 e. The van der Waals surface area contributed by atoms with Gasteiger partial charge in [-0.15, -0.1) is 11.3 Å². The van der Waals surface area contributed by atoms with Crippen molar-refractivity contribution >= 4 is 33.3 Å². The summed E-state index contributed by atoms with van der Waals surface area (Å²) in [6, 6.07) is 2.30. The quantitative estimate of drug-likeness (QED) is 0.859. The lowest BCUT2D eigenvalue weighted by Crippen LogP contribution is -2.31. The van der Waals surface area contributed by atoms with E-state index in [-0.39, 0.29) is 11.9 Å². The van der Waals surface area contributed by atoms with Crippen LogP contribution in [0.1, 0.15) is 32.1 Å². The average Bonchev–Trinajstić information content (AvgIpc) is 2.81. The minimum atomic E-state index is 0.0531. The summed E-state index contributed by atoms with van der Waals surface area (Å²) in [4.78, 5) is 22.4. The maximum Gasteiger partial charge on any atom is 0.221 e. The Bertz CT molecular complexity index is 594. The Labute approximate surface area is 122 Å². The molecule has 0 unspecified atom stereocenters. The van der Waals surface area contributed by atoms with Crippen molar-refractivity contribution in [3.63, 3.8) is 0 Å². The van der Waals surface area contributed by atoms with Gasteiger partial charge in [0.1, 0.15) is 17.0 Å². The highest BCUT2D eigenvalue weighted by Gasteiger charge is 2.08. The number of fused-ring (bicyclic) bond motifs is 1. The smallest absolute Gasteiger partial charge is 0.221 e. The summed E-state index contributed by atoms with van der Waals surface area (Å²) < 4.78 is 0. The second-order valence-corrected chi connectivity index (χ2v) is 6.02. The number of carbonyl (C=O) groups is 1. The highest BCUT2D eigenvalue weighted by molar-refractivity contribution is 7.18. The van der Waals surface area contributed by atoms with Crippen molar-refractivity contribution in [3.05, 3.63) is 17.3 Å². The van der Waals surface area contributed by atoms with Gasteiger partial charge in [0, 0.05) is 23.9 Å². The monoisotopic (exact) mass is 292 g/mol. The number of carbonyl (C=O) groups excluding carboxylic acids is 1. The third kappa shape index (κ3) is 3.66. The molecule has 2 rings (SSSR count). The maximum atomic E-state index is 11.6. The molecule has 0 spiro atoms. The fourth-order valence-electron chi connectivity index (χ4n) is 1.91. The van der Waals surface area contributed by atoms with Crippen LogP contribution in [0.2, 0.25) is 0 Å². The zero-order valence-electron chi connectivity index (χ0n) is 12.1. The van der Waals surface area contributed by atoms with E-state index in [0.29, 0.717) is 13.0 Å². The molecule has 2 N–H and O–H groups in total. The molecular weight excluding hydrogens is 272 g/mol. The number of aryl methyl sites for hydroxylation is 1. The van der Waals surface area contributed by atoms with Crippen molar-refractivity contribution in [2.45, 2.75) is 39.7 Å². The van der Waals surface area contributed by atoms with Gasteiger partial charge in [0.05, 0.1) is 5.39 Å². The molecule has 0 saturated carbocycles. The lowest BCUT2D eigenvalue weighted by atomic mass is 10.3. The zero-order chi connectivity index (χ0) is 14.5. The van der Waals surface area contributed by atoms with Gasteiger partial charge in [0.25, 0.3) is 0 Å². The predicted octanol–water partition coefficient (Wildman–Crippen LogP) is 2.58. The van der Waals surface area contributed by atoms with Gasteiger partial charge in [0.15, 0.2) is 0 Å². The first-order valence-electron chi connectivity index (χ1n) is 6.86. The maximum absolute atomic E-state index is 11.6. The van der Waals surface area contributed by atoms with E-state index in [2.05, 4.69) is 33.6 Å². The lowest BCUT2D eigenvalue weighted by molar-refractivity contribution is -0.121. The van der Waals surface area contributed by atoms with Crippen LogP contribution >= 0.6 is 11.3 Å². The number of nitrogens with one attached hydrogen (secondary N) is 2. The van der Waals surface area contributed by atoms with E-state index in [0.717, 1.165) is 22.5 Å². The van der Waals surface area contributed by atoms with Gasteiger partial charge in [-0.2, -0.15) is 0 Å². The van der Waals surface area contributed by atoms with E-state index in [9.17, 15) is 4.79 Å². The number of hydrogen-bond donors (Lipinski definition) is 2. The second kappa shape index (κ2) is 6.65. The van der Waals surface area contributed by atoms with E-state index < -0.39 is 0 Å². The van der Waals surface area contributed by atoms with Crippen molar-refractivity contribution in [1.29, 1.82) is 0 Å². The first kappa shape index (κ1) is 14.7. The third-order valence-corrected chi connectivity index (χ3v) is 4.01. The van der Waals surface area contributed by atoms with Crippen molar-refractivity contribution < 1.29 is 4.79 Å². The molecule has 108 valence electrons. The van der Waals surface area contributed by atoms with Crippen molar-refractivity contribution in [2.75, 3.05) is 11.9 Å². The van der Waals surface area contributed by atoms with E-state index in [4.69, 9.17) is 0 Å². The summed E-state index contributed by atoms with van der Waals surface area (Å²) in [7, 11) is 0. The Kier molecular flexibility index (Phi) is 4.89. The number of thiophene rings is 1. The number of hydrogen-bond acceptors (Lipinski definition) is 5. The van der Waals surface area contributed by atoms with Crippen LogP contribution in [-0.4, -0.2) is 28.5 Å². The Hall–Kier alpha value is -1.69. The van der Waals surface area contributed by atoms with Crippen LogP contribution in [0.15, 0.2) is 12.4 Å². The Morgan fingerprint density at radius 1 is 1.40 bits per heavy atom. The number of nitrogens with zero attached hydrogens (tertiary/aromatic N) is 2. The van der Waals surface area contributed by atoms with Crippen LogP contribution in [0.5, 0.6) is 0 Å². The second-order valence-electron chi connectivity index (χ2n) is 4.91. The zero-order valence-corrected chi connectivity index (χ0v) is 12.9. The van der Waals surface area contributed by atoms with Gasteiger partial charge in [-0.25, -0.2) is 9.97 Å². The Morgan fingerprint density at radius 2 is 2.20 bits per heavy atom. The number of rotatable bonds is 6. The summed E-state index contributed by atoms with van der Waals surface area (Å²) in [5, 5.41) is 7.13. The molecule has 2 aromatic rings. The molecule has 5 nitrogen and oxygen atoms in total. The van der Waals surface area contributed by atoms with Crippen LogP contribution in [0.4, 0.5) is 5.82 Å². The third-order valence-electron chi connectivity index (χ3n) is 2.82. The van der Waals surface area contributed by atoms with Crippen LogP contribution < -0.4 is 10.6 Å². The first-order valence-corrected chi connectivity index (χ1v) is 7.68. The number of anilines is 1. The molecule has 0 aliphatic rings. The van der Waals surface area contributed by atoms with Gasteiger partial charge in [-0.05, 0) is 26.3 Å². The van der Waals surface area contributed by atoms with Gasteiger partial charge in [-0.3, -0.25) is 4.79 Å². The lowest BCUT2D eigenvalue weighted by Gasteiger charge is -2.09. The predicted molar refractivity (Wildman–Crippen MR) is 83.2 cm³/mol. The molecule has 0 aromatic carbocycles. The molecule has 1 amide bonds. The highest BCUT2D eigenvalue weighted by Crippen LogP contribution is 2.28. The Balaban J connectivity index is 1.99. The van der Waals surface area contributed by atoms with Gasteiger partial charge < -0.3 is 10.6 Å². The van der Waals surface area contributed by atoms with Gasteiger partial charge in [-0.1, -0.05) is 6.92 Å². The summed E-state index contributed by atoms with van der Waals surface area (Å²) in [5.74, 6) is 0.862. The van der Waals surface area contributed by atoms with Gasteiger partial charge in [0.2, 0.25) is 5.91 Å². The molecule has 6 heteroatoms. The van der Waals surface area contributed by atoms with E-state index in [1.54, 1.807) is 17.7 Å². The van der Waals surface area contributed by atoms with E-state index >= 15 is 0 Å². The molecule has 0 radical (unpaired) electrons. The van der Waals surface area contributed by atoms with Crippen molar-refractivity contribution in [1.82, 2.24) is 15.3 Å². The van der Waals surface area contributed by atoms with Crippen molar-refractivity contribution in [3.8, 4) is 0 Å². The molecule has 0 fully saturated rings. The van der Waals surface area contributed by atoms with Crippen LogP contribution in [-0.2, 0) is 11.2 Å². The normalized spacial score (nSPS) is 11.0. The molecule has 20 heavy (non-hydrogen) atoms. The van der Waals surface area contributed by atoms with Gasteiger partial charge >= 0.3 is 0 Å². The molecule has 0 aliphatic heterocycles. The molecular formula is C14H20N4OS. The number of amides is 1. The minimum absolute atomic E-state index is 0.0531. The summed E-state index contributed by atoms with van der Waals surface area (Å²) in [6.45, 7) is 6.61. The summed E-state index contributed by atoms with van der Waals surface area (Å²) >= 11 is 1.69. The largest absolute Gasteiger partial charge is 0.369 e. The molecule has 2 aromatic heterocycles. The highest BCUT2D eigenvalue weighted by atomic mass is 32.1. The average molecular weight is 292 g/mol. The molecule has 0 saturated heterocycles. The van der Waals surface area contributed by atoms with Crippen LogP contribution in [0, 0.1) is 0 Å². The Morgan fingerprint density at radius 3 is 2.90 bits per heavy atom. The fraction of sp³-hybridized carbons (Fsp3) is 0.500. The standard InChI is InChI=1S/C14H20N4OS/c1-4-10-7-11-13(16-8-17-14(11)20-10)15-6-5-12(19)18-9(2)3/h7-9H,4-6H2,1-3H3,(H,18,19)(H,15,16,17). The summed E-state index contributed by atoms with van der Waals surface area (Å²) in [6.07, 6.45) is 3.00. The SMILES string of the molecule is CCc1cc2c(NCCC(=O)NC(C)C)ncnc2s1. The van der Waals surface area contributed by atoms with Crippen LogP contribution in [0.25, 0.3) is 10.2 Å². The van der Waals surface area contributed by atoms with E-state index in [1.165, 1.54) is 4.88 Å². The van der Waals surface area contributed by atoms with Crippen molar-refractivity contribution in [2.24, 2.45) is 0 Å². The molecule has 0 aliphatic carbocycles. The summed E-state index contributed by atoms with van der Waals surface area (Å²) in [5.41, 5.74) is 0. The molecule has 0 bridgehead atoms.